The first-order chi connectivity index (χ1) is 10.8. The Labute approximate surface area is 142 Å². The topological polar surface area (TPSA) is 52.9 Å². The number of halogens is 4. The molecular formula is C15H8BrF3N2OS. The van der Waals surface area contributed by atoms with Crippen molar-refractivity contribution >= 4 is 44.9 Å². The lowest BCUT2D eigenvalue weighted by molar-refractivity contribution is -0.136. The molecule has 0 saturated carbocycles. The summed E-state index contributed by atoms with van der Waals surface area (Å²) in [7, 11) is 0. The Balaban J connectivity index is 2.28. The minimum atomic E-state index is -4.60. The van der Waals surface area contributed by atoms with Crippen LogP contribution in [0.3, 0.4) is 0 Å². The average molecular weight is 401 g/mol. The molecule has 0 atom stereocenters. The van der Waals surface area contributed by atoms with Crippen LogP contribution < -0.4 is 5.32 Å². The molecule has 118 valence electrons. The molecule has 0 aliphatic heterocycles. The second-order valence-corrected chi connectivity index (χ2v) is 6.64. The molecule has 0 saturated heterocycles. The third-order valence-electron chi connectivity index (χ3n) is 2.74. The largest absolute Gasteiger partial charge is 0.418 e. The van der Waals surface area contributed by atoms with Crippen LogP contribution in [0.1, 0.15) is 11.1 Å². The van der Waals surface area contributed by atoms with Crippen LogP contribution in [0.2, 0.25) is 0 Å². The first kappa shape index (κ1) is 17.2. The molecule has 0 radical (unpaired) electrons. The summed E-state index contributed by atoms with van der Waals surface area (Å²) in [6, 6.07) is 7.98. The Bertz CT molecular complexity index is 806. The number of alkyl halides is 3. The number of amides is 1. The number of carbonyl (C=O) groups excluding carboxylic acids is 1. The van der Waals surface area contributed by atoms with Crippen molar-refractivity contribution in [1.29, 1.82) is 5.26 Å². The Morgan fingerprint density at radius 2 is 2.04 bits per heavy atom. The normalized spacial score (nSPS) is 11.9. The number of nitriles is 1. The van der Waals surface area contributed by atoms with Crippen LogP contribution in [0.4, 0.5) is 18.9 Å². The van der Waals surface area contributed by atoms with Gasteiger partial charge in [0, 0.05) is 0 Å². The first-order valence-electron chi connectivity index (χ1n) is 6.14. The smallest absolute Gasteiger partial charge is 0.321 e. The van der Waals surface area contributed by atoms with Crippen LogP contribution >= 0.6 is 27.3 Å². The van der Waals surface area contributed by atoms with Crippen molar-refractivity contribution in [1.82, 2.24) is 0 Å². The zero-order valence-corrected chi connectivity index (χ0v) is 13.7. The van der Waals surface area contributed by atoms with E-state index in [1.54, 1.807) is 17.5 Å². The number of benzene rings is 1. The van der Waals surface area contributed by atoms with Crippen molar-refractivity contribution in [3.8, 4) is 6.07 Å². The summed E-state index contributed by atoms with van der Waals surface area (Å²) in [5.41, 5.74) is -1.04. The number of anilines is 1. The lowest BCUT2D eigenvalue weighted by atomic mass is 10.1. The minimum absolute atomic E-state index is 0.285. The molecule has 23 heavy (non-hydrogen) atoms. The Morgan fingerprint density at radius 1 is 1.35 bits per heavy atom. The number of thiophene rings is 1. The number of rotatable bonds is 3. The first-order valence-corrected chi connectivity index (χ1v) is 7.82. The SMILES string of the molecule is N#C/C(=C\c1csc(Br)c1)C(=O)Nc1ccccc1C(F)(F)F. The second kappa shape index (κ2) is 6.98. The number of nitrogens with zero attached hydrogens (tertiary/aromatic N) is 1. The fourth-order valence-electron chi connectivity index (χ4n) is 1.74. The van der Waals surface area contributed by atoms with Gasteiger partial charge in [-0.1, -0.05) is 12.1 Å². The molecule has 0 fully saturated rings. The summed E-state index contributed by atoms with van der Waals surface area (Å²) in [6.07, 6.45) is -3.29. The Morgan fingerprint density at radius 3 is 2.61 bits per heavy atom. The van der Waals surface area contributed by atoms with Crippen molar-refractivity contribution in [2.75, 3.05) is 5.32 Å². The molecule has 1 aromatic carbocycles. The lowest BCUT2D eigenvalue weighted by Gasteiger charge is -2.13. The predicted molar refractivity (Wildman–Crippen MR) is 85.7 cm³/mol. The van der Waals surface area contributed by atoms with Gasteiger partial charge in [0.1, 0.15) is 11.6 Å². The van der Waals surface area contributed by atoms with Gasteiger partial charge in [0.15, 0.2) is 0 Å². The highest BCUT2D eigenvalue weighted by molar-refractivity contribution is 9.11. The van der Waals surface area contributed by atoms with E-state index in [0.717, 1.165) is 15.9 Å². The van der Waals surface area contributed by atoms with E-state index in [-0.39, 0.29) is 5.57 Å². The van der Waals surface area contributed by atoms with Crippen LogP contribution in [0.25, 0.3) is 6.08 Å². The van der Waals surface area contributed by atoms with Gasteiger partial charge in [-0.15, -0.1) is 11.3 Å². The molecule has 2 aromatic rings. The monoisotopic (exact) mass is 400 g/mol. The molecule has 2 rings (SSSR count). The fourth-order valence-corrected chi connectivity index (χ4v) is 2.88. The molecule has 0 aliphatic carbocycles. The predicted octanol–water partition coefficient (Wildman–Crippen LogP) is 5.08. The number of para-hydroxylation sites is 1. The van der Waals surface area contributed by atoms with E-state index in [2.05, 4.69) is 21.2 Å². The maximum atomic E-state index is 12.9. The molecule has 1 amide bonds. The molecule has 8 heteroatoms. The summed E-state index contributed by atoms with van der Waals surface area (Å²) in [6.45, 7) is 0. The zero-order valence-electron chi connectivity index (χ0n) is 11.3. The van der Waals surface area contributed by atoms with Crippen LogP contribution in [0.5, 0.6) is 0 Å². The van der Waals surface area contributed by atoms with E-state index in [1.807, 2.05) is 0 Å². The van der Waals surface area contributed by atoms with E-state index < -0.39 is 23.3 Å². The van der Waals surface area contributed by atoms with Crippen LogP contribution in [0.15, 0.2) is 45.1 Å². The quantitative estimate of drug-likeness (QED) is 0.577. The summed E-state index contributed by atoms with van der Waals surface area (Å²) >= 11 is 4.61. The molecule has 0 aliphatic rings. The van der Waals surface area contributed by atoms with Crippen molar-refractivity contribution in [3.63, 3.8) is 0 Å². The highest BCUT2D eigenvalue weighted by Gasteiger charge is 2.33. The third-order valence-corrected chi connectivity index (χ3v) is 4.27. The molecule has 0 unspecified atom stereocenters. The zero-order chi connectivity index (χ0) is 17.0. The van der Waals surface area contributed by atoms with Gasteiger partial charge in [-0.25, -0.2) is 0 Å². The standard InChI is InChI=1S/C15H8BrF3N2OS/c16-13-6-9(8-23-13)5-10(7-20)14(22)21-12-4-2-1-3-11(12)15(17,18)19/h1-6,8H,(H,21,22)/b10-5+. The van der Waals surface area contributed by atoms with Gasteiger partial charge in [-0.05, 0) is 51.1 Å². The summed E-state index contributed by atoms with van der Waals surface area (Å²) in [4.78, 5) is 12.1. The molecule has 3 nitrogen and oxygen atoms in total. The van der Waals surface area contributed by atoms with Gasteiger partial charge in [0.2, 0.25) is 0 Å². The molecule has 0 spiro atoms. The van der Waals surface area contributed by atoms with Gasteiger partial charge in [-0.2, -0.15) is 18.4 Å². The van der Waals surface area contributed by atoms with Gasteiger partial charge in [-0.3, -0.25) is 4.79 Å². The van der Waals surface area contributed by atoms with E-state index in [1.165, 1.54) is 29.5 Å². The Hall–Kier alpha value is -2.11. The summed E-state index contributed by atoms with van der Waals surface area (Å²) in [5, 5.41) is 12.9. The van der Waals surface area contributed by atoms with E-state index in [4.69, 9.17) is 5.26 Å². The van der Waals surface area contributed by atoms with Crippen molar-refractivity contribution < 1.29 is 18.0 Å². The average Bonchev–Trinajstić information content (AvgIpc) is 2.89. The van der Waals surface area contributed by atoms with Gasteiger partial charge >= 0.3 is 6.18 Å². The van der Waals surface area contributed by atoms with Crippen molar-refractivity contribution in [2.45, 2.75) is 6.18 Å². The maximum absolute atomic E-state index is 12.9. The van der Waals surface area contributed by atoms with Crippen LogP contribution in [-0.2, 0) is 11.0 Å². The highest BCUT2D eigenvalue weighted by Crippen LogP contribution is 2.34. The summed E-state index contributed by atoms with van der Waals surface area (Å²) in [5.74, 6) is -0.897. The number of carbonyl (C=O) groups is 1. The van der Waals surface area contributed by atoms with Crippen LogP contribution in [-0.4, -0.2) is 5.91 Å². The molecular weight excluding hydrogens is 393 g/mol. The molecule has 1 aromatic heterocycles. The fraction of sp³-hybridized carbons (Fsp3) is 0.0667. The van der Waals surface area contributed by atoms with E-state index >= 15 is 0 Å². The third kappa shape index (κ3) is 4.43. The summed E-state index contributed by atoms with van der Waals surface area (Å²) < 4.78 is 39.5. The highest BCUT2D eigenvalue weighted by atomic mass is 79.9. The van der Waals surface area contributed by atoms with Crippen molar-refractivity contribution in [2.24, 2.45) is 0 Å². The van der Waals surface area contributed by atoms with Gasteiger partial charge in [0.05, 0.1) is 15.0 Å². The minimum Gasteiger partial charge on any atom is -0.321 e. The van der Waals surface area contributed by atoms with Gasteiger partial charge < -0.3 is 5.32 Å². The van der Waals surface area contributed by atoms with E-state index in [0.29, 0.717) is 5.56 Å². The van der Waals surface area contributed by atoms with Gasteiger partial charge in [0.25, 0.3) is 5.91 Å². The lowest BCUT2D eigenvalue weighted by Crippen LogP contribution is -2.17. The van der Waals surface area contributed by atoms with Crippen molar-refractivity contribution in [3.05, 3.63) is 56.2 Å². The molecule has 1 N–H and O–H groups in total. The van der Waals surface area contributed by atoms with E-state index in [9.17, 15) is 18.0 Å². The van der Waals surface area contributed by atoms with Crippen LogP contribution in [0, 0.1) is 11.3 Å². The maximum Gasteiger partial charge on any atom is 0.418 e. The second-order valence-electron chi connectivity index (χ2n) is 4.35. The molecule has 0 bridgehead atoms. The molecule has 1 heterocycles. The number of hydrogen-bond donors (Lipinski definition) is 1. The Kier molecular flexibility index (Phi) is 5.23. The number of hydrogen-bond acceptors (Lipinski definition) is 3. The number of nitrogens with one attached hydrogen (secondary N) is 1.